The molecule has 0 spiro atoms. The molecule has 2 aromatic rings. The summed E-state index contributed by atoms with van der Waals surface area (Å²) in [5.41, 5.74) is -0.220. The van der Waals surface area contributed by atoms with E-state index in [1.54, 1.807) is 6.92 Å². The van der Waals surface area contributed by atoms with E-state index in [1.165, 1.54) is 17.7 Å². The molecule has 0 aliphatic carbocycles. The summed E-state index contributed by atoms with van der Waals surface area (Å²) in [5, 5.41) is 20.1. The zero-order valence-electron chi connectivity index (χ0n) is 12.3. The molecule has 2 heterocycles. The van der Waals surface area contributed by atoms with E-state index in [-0.39, 0.29) is 12.5 Å². The zero-order valence-corrected chi connectivity index (χ0v) is 13.1. The molecule has 0 aromatic carbocycles. The maximum atomic E-state index is 12.2. The van der Waals surface area contributed by atoms with Gasteiger partial charge in [0, 0.05) is 6.54 Å². The summed E-state index contributed by atoms with van der Waals surface area (Å²) in [5.74, 6) is 0.317. The van der Waals surface area contributed by atoms with Crippen molar-refractivity contribution < 1.29 is 9.90 Å². The first kappa shape index (κ1) is 15.6. The number of aromatic nitrogens is 4. The summed E-state index contributed by atoms with van der Waals surface area (Å²) in [4.78, 5) is 21.1. The predicted molar refractivity (Wildman–Crippen MR) is 80.1 cm³/mol. The number of H-pyrrole nitrogens is 1. The molecule has 0 saturated carbocycles. The smallest absolute Gasteiger partial charge is 0.263 e. The summed E-state index contributed by atoms with van der Waals surface area (Å²) in [6.07, 6.45) is 2.58. The number of amides is 1. The summed E-state index contributed by atoms with van der Waals surface area (Å²) >= 11 is 1.25. The highest BCUT2D eigenvalue weighted by Crippen LogP contribution is 2.25. The Morgan fingerprint density at radius 1 is 1.48 bits per heavy atom. The fourth-order valence-corrected chi connectivity index (χ4v) is 2.77. The van der Waals surface area contributed by atoms with E-state index in [4.69, 9.17) is 0 Å². The molecule has 1 amide bonds. The highest BCUT2D eigenvalue weighted by atomic mass is 32.1. The summed E-state index contributed by atoms with van der Waals surface area (Å²) in [6, 6.07) is 0. The number of carbonyl (C=O) groups excluding carboxylic acids is 1. The van der Waals surface area contributed by atoms with Crippen molar-refractivity contribution in [2.24, 2.45) is 0 Å². The fourth-order valence-electron chi connectivity index (χ4n) is 1.84. The van der Waals surface area contributed by atoms with Crippen molar-refractivity contribution in [3.05, 3.63) is 16.9 Å². The van der Waals surface area contributed by atoms with E-state index >= 15 is 0 Å². The van der Waals surface area contributed by atoms with Gasteiger partial charge in [-0.1, -0.05) is 13.8 Å². The maximum Gasteiger partial charge on any atom is 0.263 e. The van der Waals surface area contributed by atoms with Crippen molar-refractivity contribution in [2.45, 2.75) is 39.2 Å². The summed E-state index contributed by atoms with van der Waals surface area (Å²) in [6.45, 7) is 5.80. The number of carbonyl (C=O) groups is 1. The SMILES string of the molecule is CCC(O)(CC)CNC(=O)c1sc(-c2ncn[nH]2)nc1C. The van der Waals surface area contributed by atoms with Gasteiger partial charge >= 0.3 is 0 Å². The van der Waals surface area contributed by atoms with E-state index in [0.29, 0.717) is 34.2 Å². The lowest BCUT2D eigenvalue weighted by Crippen LogP contribution is -2.42. The average molecular weight is 309 g/mol. The van der Waals surface area contributed by atoms with Crippen LogP contribution in [-0.2, 0) is 0 Å². The summed E-state index contributed by atoms with van der Waals surface area (Å²) in [7, 11) is 0. The second-order valence-corrected chi connectivity index (χ2v) is 5.88. The first-order valence-corrected chi connectivity index (χ1v) is 7.64. The van der Waals surface area contributed by atoms with Crippen molar-refractivity contribution >= 4 is 17.2 Å². The van der Waals surface area contributed by atoms with Gasteiger partial charge in [-0.25, -0.2) is 9.97 Å². The van der Waals surface area contributed by atoms with Gasteiger partial charge in [-0.05, 0) is 19.8 Å². The van der Waals surface area contributed by atoms with Crippen LogP contribution < -0.4 is 5.32 Å². The van der Waals surface area contributed by atoms with Crippen LogP contribution in [0.2, 0.25) is 0 Å². The predicted octanol–water partition coefficient (Wildman–Crippen LogP) is 1.52. The Bertz CT molecular complexity index is 604. The van der Waals surface area contributed by atoms with Gasteiger partial charge in [-0.2, -0.15) is 5.10 Å². The van der Waals surface area contributed by atoms with Gasteiger partial charge in [0.2, 0.25) is 0 Å². The number of rotatable bonds is 6. The average Bonchev–Trinajstić information content (AvgIpc) is 3.13. The molecule has 21 heavy (non-hydrogen) atoms. The Morgan fingerprint density at radius 3 is 2.76 bits per heavy atom. The molecule has 0 unspecified atom stereocenters. The van der Waals surface area contributed by atoms with Crippen LogP contribution >= 0.6 is 11.3 Å². The van der Waals surface area contributed by atoms with E-state index in [1.807, 2.05) is 13.8 Å². The highest BCUT2D eigenvalue weighted by Gasteiger charge is 2.24. The van der Waals surface area contributed by atoms with Gasteiger partial charge in [-0.15, -0.1) is 11.3 Å². The third kappa shape index (κ3) is 3.45. The number of hydrogen-bond acceptors (Lipinski definition) is 6. The lowest BCUT2D eigenvalue weighted by molar-refractivity contribution is 0.0314. The molecular formula is C13H19N5O2S. The van der Waals surface area contributed by atoms with E-state index in [0.717, 1.165) is 0 Å². The zero-order chi connectivity index (χ0) is 15.5. The van der Waals surface area contributed by atoms with Crippen molar-refractivity contribution in [1.82, 2.24) is 25.5 Å². The number of aryl methyl sites for hydroxylation is 1. The quantitative estimate of drug-likeness (QED) is 0.750. The van der Waals surface area contributed by atoms with Gasteiger partial charge in [0.1, 0.15) is 11.2 Å². The third-order valence-corrected chi connectivity index (χ3v) is 4.68. The van der Waals surface area contributed by atoms with Gasteiger partial charge < -0.3 is 10.4 Å². The van der Waals surface area contributed by atoms with Crippen molar-refractivity contribution in [1.29, 1.82) is 0 Å². The van der Waals surface area contributed by atoms with Gasteiger partial charge in [-0.3, -0.25) is 9.89 Å². The number of aromatic amines is 1. The molecule has 0 aliphatic rings. The van der Waals surface area contributed by atoms with Gasteiger partial charge in [0.25, 0.3) is 5.91 Å². The molecule has 0 saturated heterocycles. The molecule has 114 valence electrons. The Kier molecular flexibility index (Phi) is 4.69. The number of nitrogens with zero attached hydrogens (tertiary/aromatic N) is 3. The first-order chi connectivity index (χ1) is 9.99. The minimum Gasteiger partial charge on any atom is -0.388 e. The molecule has 3 N–H and O–H groups in total. The van der Waals surface area contributed by atoms with Crippen LogP contribution in [0.1, 0.15) is 42.1 Å². The van der Waals surface area contributed by atoms with Crippen LogP contribution in [0.3, 0.4) is 0 Å². The Labute approximate surface area is 126 Å². The van der Waals surface area contributed by atoms with E-state index < -0.39 is 5.60 Å². The van der Waals surface area contributed by atoms with Crippen LogP contribution in [0, 0.1) is 6.92 Å². The van der Waals surface area contributed by atoms with E-state index in [9.17, 15) is 9.90 Å². The number of nitrogens with one attached hydrogen (secondary N) is 2. The fraction of sp³-hybridized carbons (Fsp3) is 0.538. The standard InChI is InChI=1S/C13H19N5O2S/c1-4-13(20,5-2)6-14-11(19)9-8(3)17-12(21-9)10-15-7-16-18-10/h7,20H,4-6H2,1-3H3,(H,14,19)(H,15,16,18). The Hall–Kier alpha value is -1.80. The molecule has 0 radical (unpaired) electrons. The molecule has 7 nitrogen and oxygen atoms in total. The van der Waals surface area contributed by atoms with Crippen LogP contribution in [0.4, 0.5) is 0 Å². The molecule has 8 heteroatoms. The lowest BCUT2D eigenvalue weighted by Gasteiger charge is -2.25. The van der Waals surface area contributed by atoms with Gasteiger partial charge in [0.15, 0.2) is 10.8 Å². The molecule has 2 aromatic heterocycles. The monoisotopic (exact) mass is 309 g/mol. The van der Waals surface area contributed by atoms with Crippen LogP contribution in [0.15, 0.2) is 6.33 Å². The maximum absolute atomic E-state index is 12.2. The molecule has 2 rings (SSSR count). The minimum atomic E-state index is -0.859. The molecule has 0 fully saturated rings. The minimum absolute atomic E-state index is 0.226. The van der Waals surface area contributed by atoms with Crippen LogP contribution in [0.25, 0.3) is 10.8 Å². The second kappa shape index (κ2) is 6.31. The first-order valence-electron chi connectivity index (χ1n) is 6.83. The number of thiazole rings is 1. The van der Waals surface area contributed by atoms with Crippen molar-refractivity contribution in [3.8, 4) is 10.8 Å². The van der Waals surface area contributed by atoms with Crippen molar-refractivity contribution in [3.63, 3.8) is 0 Å². The Balaban J connectivity index is 2.10. The normalized spacial score (nSPS) is 11.6. The largest absolute Gasteiger partial charge is 0.388 e. The molecule has 0 aliphatic heterocycles. The van der Waals surface area contributed by atoms with Gasteiger partial charge in [0.05, 0.1) is 11.3 Å². The topological polar surface area (TPSA) is 104 Å². The third-order valence-electron chi connectivity index (χ3n) is 3.51. The number of hydrogen-bond donors (Lipinski definition) is 3. The van der Waals surface area contributed by atoms with Crippen LogP contribution in [0.5, 0.6) is 0 Å². The lowest BCUT2D eigenvalue weighted by atomic mass is 9.97. The second-order valence-electron chi connectivity index (χ2n) is 4.88. The molecule has 0 bridgehead atoms. The summed E-state index contributed by atoms with van der Waals surface area (Å²) < 4.78 is 0. The Morgan fingerprint density at radius 2 is 2.19 bits per heavy atom. The molecule has 0 atom stereocenters. The van der Waals surface area contributed by atoms with Crippen molar-refractivity contribution in [2.75, 3.05) is 6.54 Å². The number of aliphatic hydroxyl groups is 1. The van der Waals surface area contributed by atoms with E-state index in [2.05, 4.69) is 25.5 Å². The molecular weight excluding hydrogens is 290 g/mol. The highest BCUT2D eigenvalue weighted by molar-refractivity contribution is 7.17. The van der Waals surface area contributed by atoms with Crippen LogP contribution in [-0.4, -0.2) is 43.3 Å².